The van der Waals surface area contributed by atoms with Gasteiger partial charge in [-0.25, -0.2) is 0 Å². The van der Waals surface area contributed by atoms with E-state index in [2.05, 4.69) is 67.3 Å². The summed E-state index contributed by atoms with van der Waals surface area (Å²) in [6.45, 7) is 8.88. The van der Waals surface area contributed by atoms with Gasteiger partial charge in [0.05, 0.1) is 0 Å². The molecule has 0 saturated carbocycles. The minimum atomic E-state index is 0. The van der Waals surface area contributed by atoms with Crippen molar-refractivity contribution in [2.75, 3.05) is 20.1 Å². The Morgan fingerprint density at radius 1 is 1.28 bits per heavy atom. The SMILES string of the molecule is CCN=C(NCC)N(C)Cc1ccccc1C.I. The summed E-state index contributed by atoms with van der Waals surface area (Å²) in [4.78, 5) is 6.63. The molecular weight excluding hydrogens is 337 g/mol. The lowest BCUT2D eigenvalue weighted by molar-refractivity contribution is 0.476. The summed E-state index contributed by atoms with van der Waals surface area (Å²) in [7, 11) is 2.07. The predicted molar refractivity (Wildman–Crippen MR) is 89.7 cm³/mol. The molecule has 0 amide bonds. The Kier molecular flexibility index (Phi) is 8.79. The molecule has 1 N–H and O–H groups in total. The van der Waals surface area contributed by atoms with Crippen molar-refractivity contribution >= 4 is 29.9 Å². The molecule has 1 aromatic carbocycles. The summed E-state index contributed by atoms with van der Waals surface area (Å²) in [5, 5.41) is 3.30. The van der Waals surface area contributed by atoms with Crippen LogP contribution >= 0.6 is 24.0 Å². The number of rotatable bonds is 4. The van der Waals surface area contributed by atoms with Crippen LogP contribution in [0.1, 0.15) is 25.0 Å². The van der Waals surface area contributed by atoms with Gasteiger partial charge < -0.3 is 10.2 Å². The van der Waals surface area contributed by atoms with Crippen molar-refractivity contribution in [2.24, 2.45) is 4.99 Å². The average molecular weight is 361 g/mol. The molecule has 0 unspecified atom stereocenters. The number of aliphatic imine (C=N–C) groups is 1. The molecule has 0 radical (unpaired) electrons. The second-order valence-corrected chi connectivity index (χ2v) is 4.11. The van der Waals surface area contributed by atoms with Gasteiger partial charge in [-0.1, -0.05) is 24.3 Å². The van der Waals surface area contributed by atoms with Crippen LogP contribution < -0.4 is 5.32 Å². The summed E-state index contributed by atoms with van der Waals surface area (Å²) in [6, 6.07) is 8.47. The van der Waals surface area contributed by atoms with Gasteiger partial charge >= 0.3 is 0 Å². The lowest BCUT2D eigenvalue weighted by atomic mass is 10.1. The number of nitrogens with one attached hydrogen (secondary N) is 1. The fraction of sp³-hybridized carbons (Fsp3) is 0.500. The van der Waals surface area contributed by atoms with Gasteiger partial charge in [0, 0.05) is 26.7 Å². The Hall–Kier alpha value is -0.780. The van der Waals surface area contributed by atoms with Crippen molar-refractivity contribution in [1.29, 1.82) is 0 Å². The van der Waals surface area contributed by atoms with Gasteiger partial charge in [0.1, 0.15) is 0 Å². The molecule has 18 heavy (non-hydrogen) atoms. The third-order valence-corrected chi connectivity index (χ3v) is 2.67. The van der Waals surface area contributed by atoms with E-state index in [4.69, 9.17) is 0 Å². The first-order valence-corrected chi connectivity index (χ1v) is 6.23. The zero-order chi connectivity index (χ0) is 12.7. The van der Waals surface area contributed by atoms with Crippen LogP contribution in [0.15, 0.2) is 29.3 Å². The Balaban J connectivity index is 0.00000289. The number of aryl methyl sites for hydroxylation is 1. The van der Waals surface area contributed by atoms with Gasteiger partial charge in [-0.05, 0) is 31.9 Å². The van der Waals surface area contributed by atoms with Gasteiger partial charge in [-0.3, -0.25) is 4.99 Å². The van der Waals surface area contributed by atoms with Gasteiger partial charge in [0.25, 0.3) is 0 Å². The minimum absolute atomic E-state index is 0. The van der Waals surface area contributed by atoms with E-state index in [0.29, 0.717) is 0 Å². The molecule has 0 aliphatic carbocycles. The maximum absolute atomic E-state index is 4.47. The first-order chi connectivity index (χ1) is 8.19. The molecule has 0 fully saturated rings. The normalized spacial score (nSPS) is 10.8. The topological polar surface area (TPSA) is 27.6 Å². The van der Waals surface area contributed by atoms with E-state index in [9.17, 15) is 0 Å². The van der Waals surface area contributed by atoms with E-state index in [-0.39, 0.29) is 24.0 Å². The number of nitrogens with zero attached hydrogens (tertiary/aromatic N) is 2. The zero-order valence-electron chi connectivity index (χ0n) is 11.7. The Labute approximate surface area is 128 Å². The molecule has 0 bridgehead atoms. The van der Waals surface area contributed by atoms with Crippen molar-refractivity contribution in [2.45, 2.75) is 27.3 Å². The molecule has 0 saturated heterocycles. The van der Waals surface area contributed by atoms with Crippen LogP contribution in [0.2, 0.25) is 0 Å². The maximum atomic E-state index is 4.47. The number of hydrogen-bond donors (Lipinski definition) is 1. The third-order valence-electron chi connectivity index (χ3n) is 2.67. The molecule has 102 valence electrons. The van der Waals surface area contributed by atoms with E-state index in [1.54, 1.807) is 0 Å². The standard InChI is InChI=1S/C14H23N3.HI/c1-5-15-14(16-6-2)17(4)11-13-10-8-7-9-12(13)3;/h7-10H,5-6,11H2,1-4H3,(H,15,16);1H. The molecule has 4 heteroatoms. The Morgan fingerprint density at radius 3 is 2.50 bits per heavy atom. The highest BCUT2D eigenvalue weighted by molar-refractivity contribution is 14.0. The smallest absolute Gasteiger partial charge is 0.193 e. The molecule has 1 aromatic rings. The summed E-state index contributed by atoms with van der Waals surface area (Å²) in [5.41, 5.74) is 2.67. The Morgan fingerprint density at radius 2 is 1.94 bits per heavy atom. The molecule has 0 aliphatic heterocycles. The molecule has 3 nitrogen and oxygen atoms in total. The lowest BCUT2D eigenvalue weighted by Crippen LogP contribution is -2.38. The summed E-state index contributed by atoms with van der Waals surface area (Å²) >= 11 is 0. The molecule has 0 heterocycles. The first kappa shape index (κ1) is 17.2. The highest BCUT2D eigenvalue weighted by atomic mass is 127. The van der Waals surface area contributed by atoms with E-state index in [0.717, 1.165) is 25.6 Å². The van der Waals surface area contributed by atoms with Crippen molar-refractivity contribution < 1.29 is 0 Å². The van der Waals surface area contributed by atoms with Crippen molar-refractivity contribution in [1.82, 2.24) is 10.2 Å². The van der Waals surface area contributed by atoms with Crippen LogP contribution in [-0.4, -0.2) is 31.0 Å². The van der Waals surface area contributed by atoms with Crippen LogP contribution in [0.4, 0.5) is 0 Å². The van der Waals surface area contributed by atoms with Crippen LogP contribution in [0.5, 0.6) is 0 Å². The molecular formula is C14H24IN3. The number of benzene rings is 1. The molecule has 0 aliphatic rings. The van der Waals surface area contributed by atoms with Crippen LogP contribution in [-0.2, 0) is 6.54 Å². The predicted octanol–water partition coefficient (Wildman–Crippen LogP) is 3.03. The zero-order valence-corrected chi connectivity index (χ0v) is 14.1. The second-order valence-electron chi connectivity index (χ2n) is 4.11. The van der Waals surface area contributed by atoms with Crippen LogP contribution in [0, 0.1) is 6.92 Å². The molecule has 1 rings (SSSR count). The first-order valence-electron chi connectivity index (χ1n) is 6.23. The fourth-order valence-corrected chi connectivity index (χ4v) is 1.74. The summed E-state index contributed by atoms with van der Waals surface area (Å²) in [6.07, 6.45) is 0. The largest absolute Gasteiger partial charge is 0.357 e. The van der Waals surface area contributed by atoms with E-state index in [1.165, 1.54) is 11.1 Å². The second kappa shape index (κ2) is 9.19. The van der Waals surface area contributed by atoms with Crippen LogP contribution in [0.25, 0.3) is 0 Å². The maximum Gasteiger partial charge on any atom is 0.193 e. The Bertz CT molecular complexity index is 377. The highest BCUT2D eigenvalue weighted by Crippen LogP contribution is 2.09. The third kappa shape index (κ3) is 5.25. The van der Waals surface area contributed by atoms with Crippen molar-refractivity contribution in [3.05, 3.63) is 35.4 Å². The van der Waals surface area contributed by atoms with E-state index in [1.807, 2.05) is 0 Å². The molecule has 0 spiro atoms. The van der Waals surface area contributed by atoms with Gasteiger partial charge in [0.15, 0.2) is 5.96 Å². The van der Waals surface area contributed by atoms with E-state index < -0.39 is 0 Å². The van der Waals surface area contributed by atoms with Crippen molar-refractivity contribution in [3.63, 3.8) is 0 Å². The minimum Gasteiger partial charge on any atom is -0.357 e. The fourth-order valence-electron chi connectivity index (χ4n) is 1.74. The quantitative estimate of drug-likeness (QED) is 0.507. The molecule has 0 atom stereocenters. The van der Waals surface area contributed by atoms with Gasteiger partial charge in [-0.15, -0.1) is 24.0 Å². The van der Waals surface area contributed by atoms with Gasteiger partial charge in [0.2, 0.25) is 0 Å². The molecule has 0 aromatic heterocycles. The van der Waals surface area contributed by atoms with Gasteiger partial charge in [-0.2, -0.15) is 0 Å². The van der Waals surface area contributed by atoms with Crippen LogP contribution in [0.3, 0.4) is 0 Å². The highest BCUT2D eigenvalue weighted by Gasteiger charge is 2.06. The number of halogens is 1. The number of hydrogen-bond acceptors (Lipinski definition) is 1. The lowest BCUT2D eigenvalue weighted by Gasteiger charge is -2.22. The monoisotopic (exact) mass is 361 g/mol. The average Bonchev–Trinajstić information content (AvgIpc) is 2.32. The summed E-state index contributed by atoms with van der Waals surface area (Å²) < 4.78 is 0. The number of guanidine groups is 1. The summed E-state index contributed by atoms with van der Waals surface area (Å²) in [5.74, 6) is 0.971. The van der Waals surface area contributed by atoms with E-state index >= 15 is 0 Å². The van der Waals surface area contributed by atoms with Crippen molar-refractivity contribution in [3.8, 4) is 0 Å².